The number of hydrogen-bond donors (Lipinski definition) is 1. The first-order valence-corrected chi connectivity index (χ1v) is 7.80. The zero-order valence-corrected chi connectivity index (χ0v) is 11.9. The van der Waals surface area contributed by atoms with Gasteiger partial charge in [-0.2, -0.15) is 0 Å². The first-order valence-electron chi connectivity index (χ1n) is 6.19. The maximum atomic E-state index is 10.1. The molecular formula is C13H19BrOS. The minimum absolute atomic E-state index is 0.252. The summed E-state index contributed by atoms with van der Waals surface area (Å²) in [6, 6.07) is 4.05. The van der Waals surface area contributed by atoms with E-state index in [4.69, 9.17) is 0 Å². The predicted molar refractivity (Wildman–Crippen MR) is 72.8 cm³/mol. The number of thiophene rings is 1. The molecule has 1 nitrogen and oxygen atoms in total. The first kappa shape index (κ1) is 12.6. The molecule has 0 aliphatic heterocycles. The average molecular weight is 303 g/mol. The standard InChI is InChI=1S/C13H19BrOS/c14-13-9-8-12(16-13)11(15)7-6-10-4-2-1-3-5-10/h8-11,15H,1-7H2. The van der Waals surface area contributed by atoms with Gasteiger partial charge in [0.05, 0.1) is 9.89 Å². The van der Waals surface area contributed by atoms with Crippen molar-refractivity contribution in [3.8, 4) is 0 Å². The van der Waals surface area contributed by atoms with Gasteiger partial charge in [0.15, 0.2) is 0 Å². The van der Waals surface area contributed by atoms with Crippen molar-refractivity contribution >= 4 is 27.3 Å². The molecule has 0 spiro atoms. The van der Waals surface area contributed by atoms with Crippen LogP contribution in [0.2, 0.25) is 0 Å². The zero-order chi connectivity index (χ0) is 11.4. The molecule has 1 aliphatic carbocycles. The summed E-state index contributed by atoms with van der Waals surface area (Å²) in [6.07, 6.45) is 8.82. The Bertz CT molecular complexity index is 317. The van der Waals surface area contributed by atoms with E-state index in [1.165, 1.54) is 38.5 Å². The van der Waals surface area contributed by atoms with Crippen LogP contribution in [0.25, 0.3) is 0 Å². The van der Waals surface area contributed by atoms with Crippen molar-refractivity contribution in [3.05, 3.63) is 20.8 Å². The molecule has 1 aliphatic rings. The third kappa shape index (κ3) is 3.57. The van der Waals surface area contributed by atoms with Crippen LogP contribution in [0, 0.1) is 5.92 Å². The van der Waals surface area contributed by atoms with E-state index in [0.29, 0.717) is 0 Å². The van der Waals surface area contributed by atoms with Crippen molar-refractivity contribution in [1.29, 1.82) is 0 Å². The molecule has 0 radical (unpaired) electrons. The molecule has 0 saturated heterocycles. The van der Waals surface area contributed by atoms with Gasteiger partial charge in [0.1, 0.15) is 0 Å². The predicted octanol–water partition coefficient (Wildman–Crippen LogP) is 4.90. The molecule has 2 rings (SSSR count). The Morgan fingerprint density at radius 1 is 1.31 bits per heavy atom. The van der Waals surface area contributed by atoms with Gasteiger partial charge in [-0.1, -0.05) is 32.1 Å². The van der Waals surface area contributed by atoms with Crippen molar-refractivity contribution in [1.82, 2.24) is 0 Å². The van der Waals surface area contributed by atoms with E-state index in [1.807, 2.05) is 12.1 Å². The quantitative estimate of drug-likeness (QED) is 0.838. The Hall–Kier alpha value is 0.140. The van der Waals surface area contributed by atoms with Gasteiger partial charge in [-0.15, -0.1) is 11.3 Å². The lowest BCUT2D eigenvalue weighted by Crippen LogP contribution is -2.08. The lowest BCUT2D eigenvalue weighted by Gasteiger charge is -2.22. The van der Waals surface area contributed by atoms with Crippen molar-refractivity contribution in [2.24, 2.45) is 5.92 Å². The number of hydrogen-bond acceptors (Lipinski definition) is 2. The largest absolute Gasteiger partial charge is 0.388 e. The van der Waals surface area contributed by atoms with Gasteiger partial charge in [-0.05, 0) is 46.8 Å². The molecule has 1 unspecified atom stereocenters. The number of aliphatic hydroxyl groups excluding tert-OH is 1. The second-order valence-corrected chi connectivity index (χ2v) is 7.23. The molecule has 0 amide bonds. The van der Waals surface area contributed by atoms with Gasteiger partial charge >= 0.3 is 0 Å². The molecule has 1 saturated carbocycles. The summed E-state index contributed by atoms with van der Waals surface area (Å²) in [5, 5.41) is 10.1. The highest BCUT2D eigenvalue weighted by molar-refractivity contribution is 9.11. The van der Waals surface area contributed by atoms with Crippen molar-refractivity contribution in [2.45, 2.75) is 51.0 Å². The second kappa shape index (κ2) is 6.18. The summed E-state index contributed by atoms with van der Waals surface area (Å²) in [5.74, 6) is 0.867. The van der Waals surface area contributed by atoms with E-state index < -0.39 is 0 Å². The lowest BCUT2D eigenvalue weighted by molar-refractivity contribution is 0.154. The molecule has 1 atom stereocenters. The Labute approximate surface area is 110 Å². The third-order valence-electron chi connectivity index (χ3n) is 3.50. The van der Waals surface area contributed by atoms with Crippen LogP contribution < -0.4 is 0 Å². The van der Waals surface area contributed by atoms with Crippen molar-refractivity contribution in [3.63, 3.8) is 0 Å². The van der Waals surface area contributed by atoms with E-state index in [1.54, 1.807) is 11.3 Å². The van der Waals surface area contributed by atoms with Gasteiger partial charge in [0.25, 0.3) is 0 Å². The minimum atomic E-state index is -0.252. The van der Waals surface area contributed by atoms with Gasteiger partial charge < -0.3 is 5.11 Å². The van der Waals surface area contributed by atoms with Gasteiger partial charge in [0.2, 0.25) is 0 Å². The summed E-state index contributed by atoms with van der Waals surface area (Å²) in [6.45, 7) is 0. The van der Waals surface area contributed by atoms with Crippen molar-refractivity contribution in [2.75, 3.05) is 0 Å². The summed E-state index contributed by atoms with van der Waals surface area (Å²) < 4.78 is 1.11. The molecule has 1 fully saturated rings. The Morgan fingerprint density at radius 2 is 2.06 bits per heavy atom. The minimum Gasteiger partial charge on any atom is -0.388 e. The summed E-state index contributed by atoms with van der Waals surface area (Å²) in [7, 11) is 0. The lowest BCUT2D eigenvalue weighted by atomic mass is 9.85. The molecule has 16 heavy (non-hydrogen) atoms. The number of halogens is 1. The summed E-state index contributed by atoms with van der Waals surface area (Å²) >= 11 is 5.08. The topological polar surface area (TPSA) is 20.2 Å². The SMILES string of the molecule is OC(CCC1CCCCC1)c1ccc(Br)s1. The highest BCUT2D eigenvalue weighted by Gasteiger charge is 2.16. The van der Waals surface area contributed by atoms with E-state index >= 15 is 0 Å². The molecule has 1 N–H and O–H groups in total. The van der Waals surface area contributed by atoms with Gasteiger partial charge in [-0.25, -0.2) is 0 Å². The molecule has 1 heterocycles. The van der Waals surface area contributed by atoms with Crippen LogP contribution >= 0.6 is 27.3 Å². The molecule has 1 aromatic heterocycles. The van der Waals surface area contributed by atoms with Crippen molar-refractivity contribution < 1.29 is 5.11 Å². The normalized spacial score (nSPS) is 19.9. The third-order valence-corrected chi connectivity index (χ3v) is 5.22. The smallest absolute Gasteiger partial charge is 0.0882 e. The number of aliphatic hydroxyl groups is 1. The fourth-order valence-electron chi connectivity index (χ4n) is 2.52. The van der Waals surface area contributed by atoms with Crippen LogP contribution in [-0.2, 0) is 0 Å². The average Bonchev–Trinajstić information content (AvgIpc) is 2.74. The summed E-state index contributed by atoms with van der Waals surface area (Å²) in [5.41, 5.74) is 0. The zero-order valence-electron chi connectivity index (χ0n) is 9.49. The fraction of sp³-hybridized carbons (Fsp3) is 0.692. The van der Waals surface area contributed by atoms with Crippen LogP contribution in [0.1, 0.15) is 55.9 Å². The monoisotopic (exact) mass is 302 g/mol. The number of rotatable bonds is 4. The van der Waals surface area contributed by atoms with E-state index in [2.05, 4.69) is 15.9 Å². The molecule has 90 valence electrons. The Balaban J connectivity index is 1.76. The van der Waals surface area contributed by atoms with E-state index in [-0.39, 0.29) is 6.10 Å². The highest BCUT2D eigenvalue weighted by atomic mass is 79.9. The van der Waals surface area contributed by atoms with Crippen LogP contribution in [0.5, 0.6) is 0 Å². The Kier molecular flexibility index (Phi) is 4.86. The second-order valence-electron chi connectivity index (χ2n) is 4.74. The maximum absolute atomic E-state index is 10.1. The van der Waals surface area contributed by atoms with Crippen LogP contribution in [0.4, 0.5) is 0 Å². The molecule has 0 aromatic carbocycles. The molecule has 3 heteroatoms. The van der Waals surface area contributed by atoms with Crippen LogP contribution in [0.15, 0.2) is 15.9 Å². The van der Waals surface area contributed by atoms with E-state index in [9.17, 15) is 5.11 Å². The molecular weight excluding hydrogens is 284 g/mol. The maximum Gasteiger partial charge on any atom is 0.0882 e. The van der Waals surface area contributed by atoms with Crippen LogP contribution in [-0.4, -0.2) is 5.11 Å². The highest BCUT2D eigenvalue weighted by Crippen LogP contribution is 2.33. The Morgan fingerprint density at radius 3 is 2.69 bits per heavy atom. The fourth-order valence-corrected chi connectivity index (χ4v) is 3.96. The molecule has 1 aromatic rings. The molecule has 0 bridgehead atoms. The van der Waals surface area contributed by atoms with Gasteiger partial charge in [0, 0.05) is 4.88 Å². The van der Waals surface area contributed by atoms with E-state index in [0.717, 1.165) is 21.0 Å². The first-order chi connectivity index (χ1) is 7.75. The van der Waals surface area contributed by atoms with Gasteiger partial charge in [-0.3, -0.25) is 0 Å². The van der Waals surface area contributed by atoms with Crippen LogP contribution in [0.3, 0.4) is 0 Å². The summed E-state index contributed by atoms with van der Waals surface area (Å²) in [4.78, 5) is 1.10.